The van der Waals surface area contributed by atoms with Gasteiger partial charge >= 0.3 is 5.97 Å². The number of amides is 1. The number of aliphatic carboxylic acids is 1. The normalized spacial score (nSPS) is 12.7. The Hall–Kier alpha value is -1.93. The lowest BCUT2D eigenvalue weighted by atomic mass is 10.3. The third-order valence-corrected chi connectivity index (χ3v) is 4.03. The highest BCUT2D eigenvalue weighted by Crippen LogP contribution is 2.14. The predicted molar refractivity (Wildman–Crippen MR) is 72.8 cm³/mol. The lowest BCUT2D eigenvalue weighted by molar-refractivity contribution is -0.138. The van der Waals surface area contributed by atoms with E-state index >= 15 is 0 Å². The van der Waals surface area contributed by atoms with E-state index in [2.05, 4.69) is 5.32 Å². The maximum atomic E-state index is 11.9. The first-order valence-corrected chi connectivity index (χ1v) is 7.39. The number of benzene rings is 1. The van der Waals surface area contributed by atoms with Crippen molar-refractivity contribution in [2.24, 2.45) is 0 Å². The summed E-state index contributed by atoms with van der Waals surface area (Å²) in [6.45, 7) is 2.93. The van der Waals surface area contributed by atoms with Crippen LogP contribution in [0.3, 0.4) is 0 Å². The molecule has 0 aliphatic heterocycles. The fourth-order valence-corrected chi connectivity index (χ4v) is 2.51. The van der Waals surface area contributed by atoms with Crippen LogP contribution in [0.1, 0.15) is 20.3 Å². The number of rotatable bonds is 6. The van der Waals surface area contributed by atoms with Gasteiger partial charge in [-0.2, -0.15) is 4.72 Å². The van der Waals surface area contributed by atoms with E-state index in [1.165, 1.54) is 31.2 Å². The van der Waals surface area contributed by atoms with Gasteiger partial charge in [-0.25, -0.2) is 8.42 Å². The van der Waals surface area contributed by atoms with E-state index in [9.17, 15) is 18.0 Å². The molecule has 20 heavy (non-hydrogen) atoms. The molecule has 1 aromatic rings. The molecule has 1 atom stereocenters. The third-order valence-electron chi connectivity index (χ3n) is 2.47. The number of carbonyl (C=O) groups is 2. The van der Waals surface area contributed by atoms with Gasteiger partial charge < -0.3 is 10.4 Å². The van der Waals surface area contributed by atoms with Gasteiger partial charge in [-0.05, 0) is 31.2 Å². The van der Waals surface area contributed by atoms with Gasteiger partial charge in [0.05, 0.1) is 4.90 Å². The quantitative estimate of drug-likeness (QED) is 0.719. The highest BCUT2D eigenvalue weighted by Gasteiger charge is 2.21. The van der Waals surface area contributed by atoms with Crippen LogP contribution in [0.4, 0.5) is 5.69 Å². The molecule has 0 saturated carbocycles. The maximum Gasteiger partial charge on any atom is 0.321 e. The van der Waals surface area contributed by atoms with Crippen molar-refractivity contribution in [2.45, 2.75) is 31.2 Å². The molecule has 0 aliphatic rings. The molecule has 110 valence electrons. The van der Waals surface area contributed by atoms with Crippen LogP contribution in [-0.2, 0) is 19.6 Å². The molecule has 0 aromatic heterocycles. The van der Waals surface area contributed by atoms with Crippen molar-refractivity contribution < 1.29 is 23.1 Å². The van der Waals surface area contributed by atoms with Crippen LogP contribution in [0, 0.1) is 0 Å². The van der Waals surface area contributed by atoms with Gasteiger partial charge in [0, 0.05) is 12.1 Å². The summed E-state index contributed by atoms with van der Waals surface area (Å²) < 4.78 is 25.8. The second-order valence-electron chi connectivity index (χ2n) is 4.11. The Bertz CT molecular complexity index is 595. The molecule has 1 aromatic carbocycles. The van der Waals surface area contributed by atoms with Crippen molar-refractivity contribution in [3.8, 4) is 0 Å². The Morgan fingerprint density at radius 3 is 2.25 bits per heavy atom. The zero-order valence-corrected chi connectivity index (χ0v) is 11.9. The number of anilines is 1. The number of carbonyl (C=O) groups excluding carboxylic acids is 1. The van der Waals surface area contributed by atoms with E-state index in [-0.39, 0.29) is 10.8 Å². The van der Waals surface area contributed by atoms with Gasteiger partial charge in [0.1, 0.15) is 6.04 Å². The van der Waals surface area contributed by atoms with Crippen molar-refractivity contribution in [3.05, 3.63) is 24.3 Å². The first-order valence-electron chi connectivity index (χ1n) is 5.91. The number of sulfonamides is 1. The molecule has 0 saturated heterocycles. The summed E-state index contributed by atoms with van der Waals surface area (Å²) in [4.78, 5) is 21.7. The van der Waals surface area contributed by atoms with Crippen molar-refractivity contribution in [2.75, 3.05) is 5.32 Å². The molecule has 1 amide bonds. The topological polar surface area (TPSA) is 113 Å². The highest BCUT2D eigenvalue weighted by molar-refractivity contribution is 7.89. The molecule has 0 spiro atoms. The van der Waals surface area contributed by atoms with E-state index in [0.717, 1.165) is 0 Å². The van der Waals surface area contributed by atoms with Crippen LogP contribution in [0.2, 0.25) is 0 Å². The Morgan fingerprint density at radius 1 is 1.25 bits per heavy atom. The first kappa shape index (κ1) is 16.1. The van der Waals surface area contributed by atoms with Crippen LogP contribution < -0.4 is 10.0 Å². The van der Waals surface area contributed by atoms with Crippen molar-refractivity contribution in [1.82, 2.24) is 4.72 Å². The molecule has 0 fully saturated rings. The van der Waals surface area contributed by atoms with Gasteiger partial charge in [0.25, 0.3) is 0 Å². The largest absolute Gasteiger partial charge is 0.480 e. The van der Waals surface area contributed by atoms with Crippen LogP contribution in [-0.4, -0.2) is 31.4 Å². The minimum atomic E-state index is -3.90. The van der Waals surface area contributed by atoms with Gasteiger partial charge in [-0.3, -0.25) is 9.59 Å². The molecule has 1 rings (SSSR count). The number of nitrogens with one attached hydrogen (secondary N) is 2. The molecule has 3 N–H and O–H groups in total. The number of hydrogen-bond acceptors (Lipinski definition) is 4. The number of carboxylic acids is 1. The molecular formula is C12H16N2O5S. The summed E-state index contributed by atoms with van der Waals surface area (Å²) in [5, 5.41) is 11.3. The Morgan fingerprint density at radius 2 is 1.80 bits per heavy atom. The van der Waals surface area contributed by atoms with Gasteiger partial charge in [0.2, 0.25) is 15.9 Å². The van der Waals surface area contributed by atoms with E-state index in [4.69, 9.17) is 5.11 Å². The Kier molecular flexibility index (Phi) is 5.23. The Labute approximate surface area is 117 Å². The zero-order chi connectivity index (χ0) is 15.3. The SMILES string of the molecule is CCC(=O)Nc1ccc(S(=O)(=O)N[C@H](C)C(=O)O)cc1. The first-order chi connectivity index (χ1) is 9.26. The number of carboxylic acid groups (broad SMARTS) is 1. The van der Waals surface area contributed by atoms with Gasteiger partial charge in [0.15, 0.2) is 0 Å². The minimum absolute atomic E-state index is 0.0694. The molecule has 0 aliphatic carbocycles. The monoisotopic (exact) mass is 300 g/mol. The molecule has 0 radical (unpaired) electrons. The predicted octanol–water partition coefficient (Wildman–Crippen LogP) is 0.786. The summed E-state index contributed by atoms with van der Waals surface area (Å²) in [5.41, 5.74) is 0.474. The summed E-state index contributed by atoms with van der Waals surface area (Å²) in [5.74, 6) is -1.45. The van der Waals surface area contributed by atoms with E-state index in [0.29, 0.717) is 12.1 Å². The third kappa shape index (κ3) is 4.32. The Balaban J connectivity index is 2.87. The molecule has 8 heteroatoms. The fraction of sp³-hybridized carbons (Fsp3) is 0.333. The summed E-state index contributed by atoms with van der Waals surface area (Å²) in [6, 6.07) is 4.24. The van der Waals surface area contributed by atoms with Crippen LogP contribution in [0.15, 0.2) is 29.2 Å². The standard InChI is InChI=1S/C12H16N2O5S/c1-3-11(15)13-9-4-6-10(7-5-9)20(18,19)14-8(2)12(16)17/h4-8,14H,3H2,1-2H3,(H,13,15)(H,16,17)/t8-/m1/s1. The number of hydrogen-bond donors (Lipinski definition) is 3. The van der Waals surface area contributed by atoms with E-state index in [1.54, 1.807) is 6.92 Å². The van der Waals surface area contributed by atoms with Crippen molar-refractivity contribution >= 4 is 27.6 Å². The molecule has 0 bridgehead atoms. The van der Waals surface area contributed by atoms with Crippen LogP contribution >= 0.6 is 0 Å². The van der Waals surface area contributed by atoms with Crippen LogP contribution in [0.25, 0.3) is 0 Å². The molecule has 0 heterocycles. The fourth-order valence-electron chi connectivity index (χ4n) is 1.32. The summed E-state index contributed by atoms with van der Waals surface area (Å²) in [7, 11) is -3.90. The van der Waals surface area contributed by atoms with Crippen molar-refractivity contribution in [3.63, 3.8) is 0 Å². The van der Waals surface area contributed by atoms with Gasteiger partial charge in [-0.1, -0.05) is 6.92 Å². The molecular weight excluding hydrogens is 284 g/mol. The lowest BCUT2D eigenvalue weighted by Gasteiger charge is -2.10. The van der Waals surface area contributed by atoms with Crippen molar-refractivity contribution in [1.29, 1.82) is 0 Å². The van der Waals surface area contributed by atoms with E-state index < -0.39 is 22.0 Å². The highest BCUT2D eigenvalue weighted by atomic mass is 32.2. The second-order valence-corrected chi connectivity index (χ2v) is 5.82. The lowest BCUT2D eigenvalue weighted by Crippen LogP contribution is -2.38. The minimum Gasteiger partial charge on any atom is -0.480 e. The summed E-state index contributed by atoms with van der Waals surface area (Å²) >= 11 is 0. The molecule has 0 unspecified atom stereocenters. The zero-order valence-electron chi connectivity index (χ0n) is 11.1. The maximum absolute atomic E-state index is 11.9. The van der Waals surface area contributed by atoms with Crippen LogP contribution in [0.5, 0.6) is 0 Å². The molecule has 7 nitrogen and oxygen atoms in total. The average Bonchev–Trinajstić information content (AvgIpc) is 2.38. The smallest absolute Gasteiger partial charge is 0.321 e. The van der Waals surface area contributed by atoms with E-state index in [1.807, 2.05) is 4.72 Å². The summed E-state index contributed by atoms with van der Waals surface area (Å²) in [6.07, 6.45) is 0.317. The second kappa shape index (κ2) is 6.49. The average molecular weight is 300 g/mol. The van der Waals surface area contributed by atoms with Gasteiger partial charge in [-0.15, -0.1) is 0 Å².